The summed E-state index contributed by atoms with van der Waals surface area (Å²) in [6, 6.07) is 6.36. The molecule has 0 radical (unpaired) electrons. The van der Waals surface area contributed by atoms with Gasteiger partial charge in [0.25, 0.3) is 0 Å². The summed E-state index contributed by atoms with van der Waals surface area (Å²) >= 11 is 6.21. The number of nitrogens with zero attached hydrogens (tertiary/aromatic N) is 5. The average molecular weight is 538 g/mol. The molecule has 2 aromatic carbocycles. The van der Waals surface area contributed by atoms with Crippen LogP contribution < -0.4 is 4.90 Å². The number of hydrogen-bond donors (Lipinski definition) is 0. The van der Waals surface area contributed by atoms with E-state index >= 15 is 0 Å². The molecule has 0 N–H and O–H groups in total. The predicted molar refractivity (Wildman–Crippen MR) is 129 cm³/mol. The van der Waals surface area contributed by atoms with Crippen LogP contribution >= 0.6 is 11.6 Å². The number of alkyl halides is 3. The molecule has 2 fully saturated rings. The molecule has 1 spiro atoms. The Kier molecular flexibility index (Phi) is 5.58. The first-order chi connectivity index (χ1) is 17.5. The van der Waals surface area contributed by atoms with Crippen molar-refractivity contribution in [1.82, 2.24) is 19.7 Å². The van der Waals surface area contributed by atoms with E-state index in [-0.39, 0.29) is 30.0 Å². The van der Waals surface area contributed by atoms with Gasteiger partial charge in [0.15, 0.2) is 11.6 Å². The van der Waals surface area contributed by atoms with Crippen LogP contribution in [0.2, 0.25) is 5.02 Å². The van der Waals surface area contributed by atoms with E-state index in [2.05, 4.69) is 10.2 Å². The van der Waals surface area contributed by atoms with Crippen LogP contribution in [-0.4, -0.2) is 45.0 Å². The molecule has 11 heteroatoms. The zero-order valence-electron chi connectivity index (χ0n) is 20.3. The molecule has 1 aromatic heterocycles. The third-order valence-corrected chi connectivity index (χ3v) is 8.43. The number of fused-ring (bicyclic) bond motifs is 3. The molecular formula is C26H25ClF5N5. The maximum absolute atomic E-state index is 14.6. The summed E-state index contributed by atoms with van der Waals surface area (Å²) in [5.41, 5.74) is 1.87. The minimum Gasteiger partial charge on any atom is -0.368 e. The highest BCUT2D eigenvalue weighted by molar-refractivity contribution is 6.30. The van der Waals surface area contributed by atoms with Crippen LogP contribution in [0.3, 0.4) is 0 Å². The second-order valence-corrected chi connectivity index (χ2v) is 11.1. The molecular weight excluding hydrogens is 513 g/mol. The quantitative estimate of drug-likeness (QED) is 0.375. The maximum atomic E-state index is 14.6. The number of halogens is 6. The van der Waals surface area contributed by atoms with Gasteiger partial charge in [0.1, 0.15) is 17.7 Å². The summed E-state index contributed by atoms with van der Waals surface area (Å²) < 4.78 is 70.9. The Bertz CT molecular complexity index is 1370. The highest BCUT2D eigenvalue weighted by Crippen LogP contribution is 2.57. The van der Waals surface area contributed by atoms with Crippen LogP contribution in [0.5, 0.6) is 0 Å². The van der Waals surface area contributed by atoms with Gasteiger partial charge in [-0.15, -0.1) is 10.2 Å². The van der Waals surface area contributed by atoms with Gasteiger partial charge in [0, 0.05) is 41.6 Å². The first kappa shape index (κ1) is 24.6. The number of aromatic nitrogens is 3. The SMILES string of the molecule is Cc1c(F)ccc(N2CC3(CC(c4nnc5n4-c4ccc(Cl)cc4CN(C(C)C(F)(F)F)C5)C3)C2)c1F. The minimum absolute atomic E-state index is 0.00874. The molecule has 0 bridgehead atoms. The third kappa shape index (κ3) is 4.00. The lowest BCUT2D eigenvalue weighted by Gasteiger charge is -2.59. The fraction of sp³-hybridized carbons (Fsp3) is 0.462. The molecule has 6 rings (SSSR count). The van der Waals surface area contributed by atoms with E-state index in [4.69, 9.17) is 11.6 Å². The lowest BCUT2D eigenvalue weighted by molar-refractivity contribution is -0.182. The molecule has 1 atom stereocenters. The molecule has 1 saturated carbocycles. The number of anilines is 1. The van der Waals surface area contributed by atoms with Gasteiger partial charge in [-0.3, -0.25) is 9.47 Å². The topological polar surface area (TPSA) is 37.2 Å². The van der Waals surface area contributed by atoms with E-state index in [1.165, 1.54) is 24.0 Å². The second kappa shape index (κ2) is 8.39. The lowest BCUT2D eigenvalue weighted by Crippen LogP contribution is -2.62. The number of hydrogen-bond acceptors (Lipinski definition) is 4. The molecule has 0 amide bonds. The van der Waals surface area contributed by atoms with E-state index < -0.39 is 23.9 Å². The van der Waals surface area contributed by atoms with E-state index in [0.29, 0.717) is 35.2 Å². The first-order valence-corrected chi connectivity index (χ1v) is 12.6. The van der Waals surface area contributed by atoms with Crippen molar-refractivity contribution >= 4 is 17.3 Å². The largest absolute Gasteiger partial charge is 0.403 e. The Labute approximate surface area is 215 Å². The fourth-order valence-electron chi connectivity index (χ4n) is 6.05. The lowest BCUT2D eigenvalue weighted by atomic mass is 9.57. The van der Waals surface area contributed by atoms with Crippen molar-refractivity contribution in [2.45, 2.75) is 57.9 Å². The van der Waals surface area contributed by atoms with Crippen molar-refractivity contribution in [2.75, 3.05) is 18.0 Å². The summed E-state index contributed by atoms with van der Waals surface area (Å²) in [7, 11) is 0. The van der Waals surface area contributed by atoms with Gasteiger partial charge in [-0.1, -0.05) is 11.6 Å². The molecule has 2 aliphatic heterocycles. The smallest absolute Gasteiger partial charge is 0.368 e. The van der Waals surface area contributed by atoms with Gasteiger partial charge in [0.2, 0.25) is 0 Å². The third-order valence-electron chi connectivity index (χ3n) is 8.19. The minimum atomic E-state index is -4.38. The van der Waals surface area contributed by atoms with E-state index in [1.54, 1.807) is 12.1 Å². The standard InChI is InChI=1S/C26H25ClF5N5/c1-14-19(28)4-6-21(23(14)29)36-12-25(13-36)8-17(9-25)24-34-33-22-11-35(15(2)26(30,31)32)10-16-7-18(27)3-5-20(16)37(22)24/h3-7,15,17H,8-13H2,1-2H3. The average Bonchev–Trinajstić information content (AvgIpc) is 3.10. The van der Waals surface area contributed by atoms with E-state index in [0.717, 1.165) is 31.3 Å². The van der Waals surface area contributed by atoms with Crippen LogP contribution in [0.15, 0.2) is 30.3 Å². The summed E-state index contributed by atoms with van der Waals surface area (Å²) in [6.45, 7) is 4.01. The van der Waals surface area contributed by atoms with Crippen molar-refractivity contribution in [2.24, 2.45) is 5.41 Å². The monoisotopic (exact) mass is 537 g/mol. The molecule has 3 aliphatic rings. The fourth-order valence-corrected chi connectivity index (χ4v) is 6.24. The molecule has 1 saturated heterocycles. The van der Waals surface area contributed by atoms with Gasteiger partial charge < -0.3 is 4.90 Å². The molecule has 37 heavy (non-hydrogen) atoms. The Hall–Kier alpha value is -2.72. The first-order valence-electron chi connectivity index (χ1n) is 12.2. The summed E-state index contributed by atoms with van der Waals surface area (Å²) in [4.78, 5) is 3.27. The van der Waals surface area contributed by atoms with Crippen molar-refractivity contribution < 1.29 is 22.0 Å². The predicted octanol–water partition coefficient (Wildman–Crippen LogP) is 6.16. The molecule has 3 heterocycles. The highest BCUT2D eigenvalue weighted by Gasteiger charge is 2.54. The Morgan fingerprint density at radius 3 is 2.43 bits per heavy atom. The van der Waals surface area contributed by atoms with E-state index in [1.807, 2.05) is 15.5 Å². The summed E-state index contributed by atoms with van der Waals surface area (Å²) in [5.74, 6) is 0.192. The molecule has 1 unspecified atom stereocenters. The van der Waals surface area contributed by atoms with Crippen LogP contribution in [0.1, 0.15) is 48.5 Å². The molecule has 196 valence electrons. The number of rotatable bonds is 3. The zero-order chi connectivity index (χ0) is 26.3. The number of benzene rings is 2. The molecule has 5 nitrogen and oxygen atoms in total. The van der Waals surface area contributed by atoms with Crippen LogP contribution in [0, 0.1) is 24.0 Å². The molecule has 3 aromatic rings. The van der Waals surface area contributed by atoms with E-state index in [9.17, 15) is 22.0 Å². The zero-order valence-corrected chi connectivity index (χ0v) is 21.0. The van der Waals surface area contributed by atoms with Crippen molar-refractivity contribution in [1.29, 1.82) is 0 Å². The van der Waals surface area contributed by atoms with Gasteiger partial charge >= 0.3 is 6.18 Å². The van der Waals surface area contributed by atoms with Gasteiger partial charge in [-0.2, -0.15) is 13.2 Å². The van der Waals surface area contributed by atoms with Crippen molar-refractivity contribution in [3.63, 3.8) is 0 Å². The van der Waals surface area contributed by atoms with Crippen LogP contribution in [0.25, 0.3) is 5.69 Å². The normalized spacial score (nSPS) is 20.2. The van der Waals surface area contributed by atoms with Crippen LogP contribution in [0.4, 0.5) is 27.6 Å². The van der Waals surface area contributed by atoms with Crippen molar-refractivity contribution in [3.05, 3.63) is 69.8 Å². The van der Waals surface area contributed by atoms with Crippen molar-refractivity contribution in [3.8, 4) is 5.69 Å². The van der Waals surface area contributed by atoms with Gasteiger partial charge in [-0.05, 0) is 62.6 Å². The maximum Gasteiger partial charge on any atom is 0.403 e. The summed E-state index contributed by atoms with van der Waals surface area (Å²) in [6.07, 6.45) is -2.75. The van der Waals surface area contributed by atoms with Gasteiger partial charge in [-0.25, -0.2) is 8.78 Å². The Balaban J connectivity index is 1.25. The van der Waals surface area contributed by atoms with Gasteiger partial charge in [0.05, 0.1) is 17.9 Å². The molecule has 1 aliphatic carbocycles. The Morgan fingerprint density at radius 2 is 1.73 bits per heavy atom. The van der Waals surface area contributed by atoms with Crippen LogP contribution in [-0.2, 0) is 13.1 Å². The highest BCUT2D eigenvalue weighted by atomic mass is 35.5. The second-order valence-electron chi connectivity index (χ2n) is 10.7. The Morgan fingerprint density at radius 1 is 1.03 bits per heavy atom. The summed E-state index contributed by atoms with van der Waals surface area (Å²) in [5, 5.41) is 9.20.